The lowest BCUT2D eigenvalue weighted by Gasteiger charge is -2.60. The van der Waals surface area contributed by atoms with Crippen LogP contribution < -0.4 is 10.6 Å². The number of rotatable bonds is 3. The molecule has 24 heavy (non-hydrogen) atoms. The van der Waals surface area contributed by atoms with E-state index < -0.39 is 0 Å². The number of guanidine groups is 1. The fourth-order valence-electron chi connectivity index (χ4n) is 5.18. The number of likely N-dealkylation sites (tertiary alicyclic amines) is 1. The van der Waals surface area contributed by atoms with E-state index in [1.807, 2.05) is 7.05 Å². The van der Waals surface area contributed by atoms with Crippen molar-refractivity contribution in [3.05, 3.63) is 0 Å². The summed E-state index contributed by atoms with van der Waals surface area (Å²) in [4.78, 5) is 7.19. The van der Waals surface area contributed by atoms with Gasteiger partial charge in [0.05, 0.1) is 6.10 Å². The number of aliphatic imine (C=N–C) groups is 1. The van der Waals surface area contributed by atoms with E-state index in [-0.39, 0.29) is 5.41 Å². The molecule has 2 aliphatic carbocycles. The van der Waals surface area contributed by atoms with Crippen LogP contribution in [0.1, 0.15) is 52.4 Å². The summed E-state index contributed by atoms with van der Waals surface area (Å²) in [5.41, 5.74) is 0.193. The van der Waals surface area contributed by atoms with Crippen LogP contribution >= 0.6 is 0 Å². The zero-order chi connectivity index (χ0) is 16.7. The topological polar surface area (TPSA) is 48.9 Å². The van der Waals surface area contributed by atoms with Crippen LogP contribution in [0.15, 0.2) is 4.99 Å². The van der Waals surface area contributed by atoms with Crippen LogP contribution in [0.5, 0.6) is 0 Å². The Morgan fingerprint density at radius 3 is 2.50 bits per heavy atom. The van der Waals surface area contributed by atoms with Gasteiger partial charge in [0.15, 0.2) is 5.96 Å². The number of fused-ring (bicyclic) bond motifs is 1. The van der Waals surface area contributed by atoms with Crippen LogP contribution in [0.25, 0.3) is 0 Å². The molecule has 2 heterocycles. The molecule has 2 saturated heterocycles. The number of hydrogen-bond acceptors (Lipinski definition) is 3. The largest absolute Gasteiger partial charge is 0.377 e. The first kappa shape index (κ1) is 16.6. The normalized spacial score (nSPS) is 37.5. The Morgan fingerprint density at radius 2 is 1.83 bits per heavy atom. The van der Waals surface area contributed by atoms with Crippen molar-refractivity contribution in [2.75, 3.05) is 26.7 Å². The lowest BCUT2D eigenvalue weighted by molar-refractivity contribution is -0.188. The second kappa shape index (κ2) is 6.49. The Morgan fingerprint density at radius 1 is 1.08 bits per heavy atom. The van der Waals surface area contributed by atoms with E-state index >= 15 is 0 Å². The molecule has 3 atom stereocenters. The third-order valence-corrected chi connectivity index (χ3v) is 6.78. The van der Waals surface area contributed by atoms with Gasteiger partial charge < -0.3 is 20.3 Å². The summed E-state index contributed by atoms with van der Waals surface area (Å²) < 4.78 is 6.02. The van der Waals surface area contributed by atoms with E-state index in [1.165, 1.54) is 51.6 Å². The van der Waals surface area contributed by atoms with Gasteiger partial charge in [-0.25, -0.2) is 0 Å². The number of nitrogens with one attached hydrogen (secondary N) is 2. The van der Waals surface area contributed by atoms with E-state index in [9.17, 15) is 0 Å². The average molecular weight is 335 g/mol. The van der Waals surface area contributed by atoms with Gasteiger partial charge in [-0.05, 0) is 38.5 Å². The van der Waals surface area contributed by atoms with Crippen molar-refractivity contribution in [3.8, 4) is 0 Å². The summed E-state index contributed by atoms with van der Waals surface area (Å²) in [6.45, 7) is 8.08. The van der Waals surface area contributed by atoms with Gasteiger partial charge in [0.25, 0.3) is 0 Å². The Bertz CT molecular complexity index is 480. The van der Waals surface area contributed by atoms with Crippen molar-refractivity contribution in [1.29, 1.82) is 0 Å². The van der Waals surface area contributed by atoms with Crippen molar-refractivity contribution in [1.82, 2.24) is 15.5 Å². The van der Waals surface area contributed by atoms with Crippen LogP contribution in [-0.2, 0) is 4.74 Å². The molecule has 0 bridgehead atoms. The molecule has 4 aliphatic rings. The molecule has 4 rings (SSSR count). The monoisotopic (exact) mass is 334 g/mol. The Labute approximate surface area is 146 Å². The lowest BCUT2D eigenvalue weighted by Crippen LogP contribution is -2.71. The van der Waals surface area contributed by atoms with Crippen molar-refractivity contribution in [2.24, 2.45) is 16.3 Å². The minimum Gasteiger partial charge on any atom is -0.377 e. The van der Waals surface area contributed by atoms with E-state index in [0.29, 0.717) is 24.1 Å². The second-order valence-electron chi connectivity index (χ2n) is 8.80. The molecule has 136 valence electrons. The fourth-order valence-corrected chi connectivity index (χ4v) is 5.18. The zero-order valence-corrected chi connectivity index (χ0v) is 15.6. The first-order valence-electron chi connectivity index (χ1n) is 9.95. The summed E-state index contributed by atoms with van der Waals surface area (Å²) in [5, 5.41) is 7.42. The Kier molecular flexibility index (Phi) is 4.50. The predicted molar refractivity (Wildman–Crippen MR) is 97.3 cm³/mol. The third kappa shape index (κ3) is 3.05. The maximum atomic E-state index is 6.02. The number of hydrogen-bond donors (Lipinski definition) is 2. The van der Waals surface area contributed by atoms with Crippen LogP contribution in [0.4, 0.5) is 0 Å². The van der Waals surface area contributed by atoms with Crippen molar-refractivity contribution >= 4 is 5.96 Å². The first-order valence-corrected chi connectivity index (χ1v) is 9.95. The summed E-state index contributed by atoms with van der Waals surface area (Å²) in [7, 11) is 1.90. The summed E-state index contributed by atoms with van der Waals surface area (Å²) in [6, 6.07) is 1.94. The molecule has 2 aliphatic heterocycles. The van der Waals surface area contributed by atoms with Gasteiger partial charge >= 0.3 is 0 Å². The SMILES string of the molecule is CN=C(NC1CCN(C2CC2)CC1)NC1C2CCCOC2C1(C)C. The molecule has 3 unspecified atom stereocenters. The van der Waals surface area contributed by atoms with E-state index in [1.54, 1.807) is 0 Å². The average Bonchev–Trinajstić information content (AvgIpc) is 3.44. The van der Waals surface area contributed by atoms with E-state index in [2.05, 4.69) is 34.4 Å². The second-order valence-corrected chi connectivity index (χ2v) is 8.80. The Hall–Kier alpha value is -0.810. The van der Waals surface area contributed by atoms with Gasteiger partial charge in [0.1, 0.15) is 0 Å². The maximum absolute atomic E-state index is 6.02. The molecule has 2 N–H and O–H groups in total. The molecule has 0 aromatic heterocycles. The molecule has 0 aromatic carbocycles. The smallest absolute Gasteiger partial charge is 0.191 e. The van der Waals surface area contributed by atoms with Crippen molar-refractivity contribution < 1.29 is 4.74 Å². The summed E-state index contributed by atoms with van der Waals surface area (Å²) in [5.74, 6) is 1.63. The molecule has 5 heteroatoms. The highest BCUT2D eigenvalue weighted by Gasteiger charge is 2.58. The van der Waals surface area contributed by atoms with E-state index in [0.717, 1.165) is 18.6 Å². The van der Waals surface area contributed by atoms with Crippen LogP contribution in [0.3, 0.4) is 0 Å². The summed E-state index contributed by atoms with van der Waals surface area (Å²) >= 11 is 0. The molecule has 0 spiro atoms. The highest BCUT2D eigenvalue weighted by Crippen LogP contribution is 2.51. The van der Waals surface area contributed by atoms with Gasteiger partial charge in [0.2, 0.25) is 0 Å². The number of piperidine rings is 1. The summed E-state index contributed by atoms with van der Waals surface area (Å²) in [6.07, 6.45) is 8.21. The molecule has 0 aromatic rings. The first-order chi connectivity index (χ1) is 11.6. The zero-order valence-electron chi connectivity index (χ0n) is 15.6. The highest BCUT2D eigenvalue weighted by molar-refractivity contribution is 5.80. The van der Waals surface area contributed by atoms with Gasteiger partial charge in [-0.1, -0.05) is 13.8 Å². The molecule has 5 nitrogen and oxygen atoms in total. The molecule has 0 amide bonds. The van der Waals surface area contributed by atoms with Gasteiger partial charge in [-0.2, -0.15) is 0 Å². The molecular weight excluding hydrogens is 300 g/mol. The minimum atomic E-state index is 0.193. The van der Waals surface area contributed by atoms with Gasteiger partial charge in [0, 0.05) is 56.2 Å². The molecular formula is C19H34N4O. The standard InChI is InChI=1S/C19H34N4O/c1-19(2)16(15-5-4-12-24-17(15)19)22-18(20-3)21-13-8-10-23(11-9-13)14-6-7-14/h13-17H,4-12H2,1-3H3,(H2,20,21,22). The maximum Gasteiger partial charge on any atom is 0.191 e. The Balaban J connectivity index is 1.30. The molecule has 4 fully saturated rings. The highest BCUT2D eigenvalue weighted by atomic mass is 16.5. The number of nitrogens with zero attached hydrogens (tertiary/aromatic N) is 2. The van der Waals surface area contributed by atoms with Crippen LogP contribution in [-0.4, -0.2) is 61.8 Å². The predicted octanol–water partition coefficient (Wildman–Crippen LogP) is 1.98. The van der Waals surface area contributed by atoms with Gasteiger partial charge in [-0.15, -0.1) is 0 Å². The molecule has 2 saturated carbocycles. The number of ether oxygens (including phenoxy) is 1. The van der Waals surface area contributed by atoms with Crippen LogP contribution in [0, 0.1) is 11.3 Å². The lowest BCUT2D eigenvalue weighted by atomic mass is 9.55. The van der Waals surface area contributed by atoms with Gasteiger partial charge in [-0.3, -0.25) is 4.99 Å². The quantitative estimate of drug-likeness (QED) is 0.612. The van der Waals surface area contributed by atoms with Crippen molar-refractivity contribution in [2.45, 2.75) is 76.6 Å². The van der Waals surface area contributed by atoms with Crippen molar-refractivity contribution in [3.63, 3.8) is 0 Å². The minimum absolute atomic E-state index is 0.193. The van der Waals surface area contributed by atoms with E-state index in [4.69, 9.17) is 4.74 Å². The fraction of sp³-hybridized carbons (Fsp3) is 0.947. The third-order valence-electron chi connectivity index (χ3n) is 6.78. The van der Waals surface area contributed by atoms with Crippen LogP contribution in [0.2, 0.25) is 0 Å². The molecule has 0 radical (unpaired) electrons.